The largest absolute Gasteiger partial charge is 0.454 e. The smallest absolute Gasteiger partial charge is 0.338 e. The molecule has 0 saturated heterocycles. The molecule has 36 heavy (non-hydrogen) atoms. The molecule has 4 aromatic rings. The number of Topliss-reactive ketones (excluding diaryl/α,β-unsaturated/α-hetero) is 1. The normalized spacial score (nSPS) is 12.4. The molecule has 2 amide bonds. The summed E-state index contributed by atoms with van der Waals surface area (Å²) in [5.74, 6) is -1.95. The minimum Gasteiger partial charge on any atom is -0.454 e. The van der Waals surface area contributed by atoms with Crippen LogP contribution >= 0.6 is 0 Å². The Bertz CT molecular complexity index is 1470. The Morgan fingerprint density at radius 2 is 1.25 bits per heavy atom. The minimum atomic E-state index is -0.720. The van der Waals surface area contributed by atoms with E-state index < -0.39 is 24.4 Å². The number of esters is 1. The zero-order valence-electron chi connectivity index (χ0n) is 19.4. The van der Waals surface area contributed by atoms with E-state index in [9.17, 15) is 19.2 Å². The maximum Gasteiger partial charge on any atom is 0.338 e. The van der Waals surface area contributed by atoms with Crippen molar-refractivity contribution in [3.63, 3.8) is 0 Å². The van der Waals surface area contributed by atoms with Crippen molar-refractivity contribution in [2.75, 3.05) is 11.5 Å². The molecule has 0 aromatic heterocycles. The topological polar surface area (TPSA) is 80.8 Å². The molecule has 4 aromatic carbocycles. The first-order valence-corrected chi connectivity index (χ1v) is 11.4. The predicted molar refractivity (Wildman–Crippen MR) is 135 cm³/mol. The van der Waals surface area contributed by atoms with Crippen molar-refractivity contribution in [1.82, 2.24) is 0 Å². The third-order valence-electron chi connectivity index (χ3n) is 6.13. The average molecular weight is 476 g/mol. The second kappa shape index (κ2) is 9.43. The molecule has 176 valence electrons. The average Bonchev–Trinajstić information content (AvgIpc) is 3.17. The van der Waals surface area contributed by atoms with Crippen molar-refractivity contribution < 1.29 is 23.9 Å². The summed E-state index contributed by atoms with van der Waals surface area (Å²) in [5, 5.41) is 0. The van der Waals surface area contributed by atoms with Crippen LogP contribution in [0.3, 0.4) is 0 Å². The molecule has 1 aliphatic rings. The molecular formula is C30H21NO5. The third-order valence-corrected chi connectivity index (χ3v) is 6.13. The molecule has 0 unspecified atom stereocenters. The fourth-order valence-corrected chi connectivity index (χ4v) is 4.16. The van der Waals surface area contributed by atoms with Crippen molar-refractivity contribution in [2.45, 2.75) is 6.92 Å². The van der Waals surface area contributed by atoms with Gasteiger partial charge < -0.3 is 4.74 Å². The van der Waals surface area contributed by atoms with Gasteiger partial charge in [0.15, 0.2) is 12.4 Å². The van der Waals surface area contributed by atoms with Crippen molar-refractivity contribution in [2.24, 2.45) is 0 Å². The molecule has 6 nitrogen and oxygen atoms in total. The zero-order chi connectivity index (χ0) is 25.2. The predicted octanol–water partition coefficient (Wildman–Crippen LogP) is 5.50. The maximum atomic E-state index is 12.9. The Kier molecular flexibility index (Phi) is 6.00. The molecule has 0 fully saturated rings. The van der Waals surface area contributed by atoms with Gasteiger partial charge >= 0.3 is 5.97 Å². The van der Waals surface area contributed by atoms with Crippen LogP contribution in [0.4, 0.5) is 5.69 Å². The van der Waals surface area contributed by atoms with Crippen LogP contribution in [-0.2, 0) is 4.74 Å². The molecule has 0 radical (unpaired) electrons. The van der Waals surface area contributed by atoms with Crippen LogP contribution in [0.15, 0.2) is 97.1 Å². The lowest BCUT2D eigenvalue weighted by Crippen LogP contribution is -2.30. The van der Waals surface area contributed by atoms with Crippen LogP contribution in [0, 0.1) is 6.92 Å². The number of rotatable bonds is 6. The van der Waals surface area contributed by atoms with E-state index in [1.165, 1.54) is 6.07 Å². The molecule has 0 spiro atoms. The highest BCUT2D eigenvalue weighted by Gasteiger charge is 2.37. The Morgan fingerprint density at radius 3 is 1.89 bits per heavy atom. The van der Waals surface area contributed by atoms with Gasteiger partial charge in [0, 0.05) is 5.56 Å². The summed E-state index contributed by atoms with van der Waals surface area (Å²) in [4.78, 5) is 52.1. The number of benzene rings is 4. The van der Waals surface area contributed by atoms with E-state index in [0.29, 0.717) is 27.9 Å². The number of ketones is 1. The fraction of sp³-hybridized carbons (Fsp3) is 0.0667. The third kappa shape index (κ3) is 4.20. The molecule has 6 heteroatoms. The summed E-state index contributed by atoms with van der Waals surface area (Å²) in [6.07, 6.45) is 0. The van der Waals surface area contributed by atoms with Crippen LogP contribution in [0.25, 0.3) is 11.1 Å². The maximum absolute atomic E-state index is 12.9. The molecular weight excluding hydrogens is 454 g/mol. The lowest BCUT2D eigenvalue weighted by Gasteiger charge is -2.17. The van der Waals surface area contributed by atoms with Crippen LogP contribution < -0.4 is 4.90 Å². The molecule has 0 aliphatic carbocycles. The Labute approximate surface area is 207 Å². The van der Waals surface area contributed by atoms with Crippen LogP contribution in [-0.4, -0.2) is 30.2 Å². The van der Waals surface area contributed by atoms with E-state index in [-0.39, 0.29) is 11.3 Å². The molecule has 0 saturated carbocycles. The number of aryl methyl sites for hydroxylation is 1. The van der Waals surface area contributed by atoms with Crippen LogP contribution in [0.1, 0.15) is 47.0 Å². The molecule has 5 rings (SSSR count). The number of carbonyl (C=O) groups is 4. The number of ether oxygens (including phenoxy) is 1. The Balaban J connectivity index is 1.29. The highest BCUT2D eigenvalue weighted by molar-refractivity contribution is 6.34. The van der Waals surface area contributed by atoms with Gasteiger partial charge in [-0.1, -0.05) is 72.8 Å². The van der Waals surface area contributed by atoms with Gasteiger partial charge in [-0.3, -0.25) is 14.4 Å². The Morgan fingerprint density at radius 1 is 0.694 bits per heavy atom. The van der Waals surface area contributed by atoms with Gasteiger partial charge in [0.2, 0.25) is 0 Å². The fourth-order valence-electron chi connectivity index (χ4n) is 4.16. The lowest BCUT2D eigenvalue weighted by atomic mass is 10.0. The van der Waals surface area contributed by atoms with E-state index >= 15 is 0 Å². The summed E-state index contributed by atoms with van der Waals surface area (Å²) in [6.45, 7) is 1.32. The zero-order valence-corrected chi connectivity index (χ0v) is 19.4. The number of hydrogen-bond acceptors (Lipinski definition) is 5. The highest BCUT2D eigenvalue weighted by atomic mass is 16.5. The summed E-state index contributed by atoms with van der Waals surface area (Å²) in [7, 11) is 0. The number of nitrogens with zero attached hydrogens (tertiary/aromatic N) is 1. The molecule has 1 aliphatic heterocycles. The van der Waals surface area contributed by atoms with E-state index in [1.807, 2.05) is 42.5 Å². The lowest BCUT2D eigenvalue weighted by molar-refractivity contribution is 0.0474. The summed E-state index contributed by atoms with van der Waals surface area (Å²) in [6, 6.07) is 28.1. The van der Waals surface area contributed by atoms with Crippen molar-refractivity contribution in [1.29, 1.82) is 0 Å². The molecule has 0 atom stereocenters. The molecule has 0 N–H and O–H groups in total. The van der Waals surface area contributed by atoms with E-state index in [4.69, 9.17) is 4.74 Å². The van der Waals surface area contributed by atoms with Crippen molar-refractivity contribution in [3.05, 3.63) is 125 Å². The van der Waals surface area contributed by atoms with Gasteiger partial charge in [-0.25, -0.2) is 9.69 Å². The van der Waals surface area contributed by atoms with Gasteiger partial charge in [-0.05, 0) is 47.9 Å². The number of imide groups is 1. The standard InChI is InChI=1S/C30H21NO5/c1-19-11-12-23(17-26(19)31-28(33)24-9-5-6-10-25(24)29(31)34)30(35)36-18-27(32)22-15-13-21(14-16-22)20-7-3-2-4-8-20/h2-17H,18H2,1H3. The van der Waals surface area contributed by atoms with E-state index in [1.54, 1.807) is 55.5 Å². The van der Waals surface area contributed by atoms with Crippen molar-refractivity contribution >= 4 is 29.3 Å². The quantitative estimate of drug-likeness (QED) is 0.209. The van der Waals surface area contributed by atoms with Crippen molar-refractivity contribution in [3.8, 4) is 11.1 Å². The monoisotopic (exact) mass is 475 g/mol. The first-order valence-electron chi connectivity index (χ1n) is 11.4. The number of anilines is 1. The summed E-state index contributed by atoms with van der Waals surface area (Å²) >= 11 is 0. The summed E-state index contributed by atoms with van der Waals surface area (Å²) < 4.78 is 5.26. The molecule has 0 bridgehead atoms. The van der Waals surface area contributed by atoms with E-state index in [0.717, 1.165) is 16.0 Å². The highest BCUT2D eigenvalue weighted by Crippen LogP contribution is 2.31. The molecule has 1 heterocycles. The van der Waals surface area contributed by atoms with E-state index in [2.05, 4.69) is 0 Å². The van der Waals surface area contributed by atoms with Gasteiger partial charge in [0.05, 0.1) is 22.4 Å². The number of amides is 2. The number of hydrogen-bond donors (Lipinski definition) is 0. The first-order chi connectivity index (χ1) is 17.4. The van der Waals surface area contributed by atoms with Gasteiger partial charge in [-0.15, -0.1) is 0 Å². The van der Waals surface area contributed by atoms with Gasteiger partial charge in [0.1, 0.15) is 0 Å². The van der Waals surface area contributed by atoms with Crippen LogP contribution in [0.5, 0.6) is 0 Å². The Hall–Kier alpha value is -4.84. The summed E-state index contributed by atoms with van der Waals surface area (Å²) in [5.41, 5.74) is 4.17. The van der Waals surface area contributed by atoms with Gasteiger partial charge in [0.25, 0.3) is 11.8 Å². The second-order valence-electron chi connectivity index (χ2n) is 8.44. The minimum absolute atomic E-state index is 0.138. The van der Waals surface area contributed by atoms with Gasteiger partial charge in [-0.2, -0.15) is 0 Å². The SMILES string of the molecule is Cc1ccc(C(=O)OCC(=O)c2ccc(-c3ccccc3)cc2)cc1N1C(=O)c2ccccc2C1=O. The second-order valence-corrected chi connectivity index (χ2v) is 8.44. The number of carbonyl (C=O) groups excluding carboxylic acids is 4. The first kappa shape index (κ1) is 22.9. The number of fused-ring (bicyclic) bond motifs is 1. The van der Waals surface area contributed by atoms with Crippen LogP contribution in [0.2, 0.25) is 0 Å².